The normalized spacial score (nSPS) is 13.3. The lowest BCUT2D eigenvalue weighted by Crippen LogP contribution is -2.44. The Morgan fingerprint density at radius 3 is 1.19 bits per heavy atom. The minimum atomic E-state index is -1.63. The fourth-order valence-electron chi connectivity index (χ4n) is 8.32. The van der Waals surface area contributed by atoms with Gasteiger partial charge in [0.15, 0.2) is 12.4 Å². The zero-order valence-electron chi connectivity index (χ0n) is 48.0. The summed E-state index contributed by atoms with van der Waals surface area (Å²) in [6.07, 6.45) is 68.2. The van der Waals surface area contributed by atoms with Crippen molar-refractivity contribution in [3.8, 4) is 0 Å². The first-order valence-electron chi connectivity index (χ1n) is 30.1. The molecule has 0 fully saturated rings. The lowest BCUT2D eigenvalue weighted by molar-refractivity contribution is -0.870. The zero-order chi connectivity index (χ0) is 53.4. The molecule has 0 N–H and O–H groups in total. The Kier molecular flexibility index (Phi) is 52.5. The molecule has 73 heavy (non-hydrogen) atoms. The Bertz CT molecular complexity index is 1420. The number of ether oxygens (including phenoxy) is 4. The molecule has 0 saturated heterocycles. The SMILES string of the molecule is CC/C=C\C/C=C\C/C=C\C/C=C\C/C=C\CCCCCC(=O)OC(COC(=O)CCCCCCCCCCCCCCCCCCC/C=C\CCCCCCCCCC)COC(OCC[N+](C)(C)C)C(=O)[O-]. The van der Waals surface area contributed by atoms with Crippen LogP contribution in [0, 0.1) is 0 Å². The van der Waals surface area contributed by atoms with E-state index in [1.165, 1.54) is 154 Å². The first kappa shape index (κ1) is 69.7. The van der Waals surface area contributed by atoms with Crippen LogP contribution in [-0.2, 0) is 33.3 Å². The van der Waals surface area contributed by atoms with E-state index in [1.807, 2.05) is 21.1 Å². The average Bonchev–Trinajstić information content (AvgIpc) is 3.36. The third-order valence-electron chi connectivity index (χ3n) is 12.9. The molecule has 0 amide bonds. The van der Waals surface area contributed by atoms with Gasteiger partial charge in [0, 0.05) is 12.8 Å². The number of carboxylic acid groups (broad SMARTS) is 1. The number of hydrogen-bond donors (Lipinski definition) is 0. The van der Waals surface area contributed by atoms with Crippen LogP contribution >= 0.6 is 0 Å². The summed E-state index contributed by atoms with van der Waals surface area (Å²) >= 11 is 0. The van der Waals surface area contributed by atoms with Crippen molar-refractivity contribution in [3.05, 3.63) is 72.9 Å². The smallest absolute Gasteiger partial charge is 0.306 e. The van der Waals surface area contributed by atoms with Gasteiger partial charge in [-0.3, -0.25) is 9.59 Å². The van der Waals surface area contributed by atoms with Gasteiger partial charge in [0.05, 0.1) is 40.3 Å². The molecule has 9 nitrogen and oxygen atoms in total. The third kappa shape index (κ3) is 56.3. The molecule has 0 rings (SSSR count). The van der Waals surface area contributed by atoms with Gasteiger partial charge in [0.2, 0.25) is 0 Å². The number of allylic oxidation sites excluding steroid dienone is 12. The highest BCUT2D eigenvalue weighted by Crippen LogP contribution is 2.16. The van der Waals surface area contributed by atoms with Crippen LogP contribution in [0.3, 0.4) is 0 Å². The molecule has 9 heteroatoms. The van der Waals surface area contributed by atoms with Gasteiger partial charge in [-0.25, -0.2) is 0 Å². The highest BCUT2D eigenvalue weighted by Gasteiger charge is 2.22. The van der Waals surface area contributed by atoms with E-state index in [0.29, 0.717) is 17.4 Å². The molecule has 0 bridgehead atoms. The van der Waals surface area contributed by atoms with Gasteiger partial charge in [0.25, 0.3) is 0 Å². The second kappa shape index (κ2) is 55.0. The number of unbranched alkanes of at least 4 members (excludes halogenated alkanes) is 28. The van der Waals surface area contributed by atoms with Gasteiger partial charge in [0.1, 0.15) is 13.2 Å². The van der Waals surface area contributed by atoms with Crippen LogP contribution in [0.2, 0.25) is 0 Å². The van der Waals surface area contributed by atoms with Gasteiger partial charge in [-0.05, 0) is 83.5 Å². The summed E-state index contributed by atoms with van der Waals surface area (Å²) < 4.78 is 22.7. The molecule has 2 atom stereocenters. The molecule has 0 aliphatic carbocycles. The number of aliphatic carboxylic acids is 1. The predicted molar refractivity (Wildman–Crippen MR) is 306 cm³/mol. The van der Waals surface area contributed by atoms with Gasteiger partial charge in [-0.15, -0.1) is 0 Å². The van der Waals surface area contributed by atoms with Crippen LogP contribution in [0.5, 0.6) is 0 Å². The molecule has 2 unspecified atom stereocenters. The van der Waals surface area contributed by atoms with Crippen molar-refractivity contribution in [3.63, 3.8) is 0 Å². The van der Waals surface area contributed by atoms with E-state index in [2.05, 4.69) is 86.8 Å². The number of quaternary nitrogens is 1. The van der Waals surface area contributed by atoms with Crippen LogP contribution < -0.4 is 5.11 Å². The van der Waals surface area contributed by atoms with Gasteiger partial charge < -0.3 is 33.3 Å². The molecule has 0 heterocycles. The molecular formula is C64H113NO8. The molecule has 0 aliphatic rings. The highest BCUT2D eigenvalue weighted by molar-refractivity contribution is 5.70. The number of rotatable bonds is 55. The number of carboxylic acids is 1. The van der Waals surface area contributed by atoms with Crippen molar-refractivity contribution in [2.24, 2.45) is 0 Å². The van der Waals surface area contributed by atoms with Gasteiger partial charge in [-0.2, -0.15) is 0 Å². The summed E-state index contributed by atoms with van der Waals surface area (Å²) in [5.74, 6) is -2.32. The summed E-state index contributed by atoms with van der Waals surface area (Å²) in [5, 5.41) is 11.8. The van der Waals surface area contributed by atoms with Crippen molar-refractivity contribution in [1.82, 2.24) is 0 Å². The van der Waals surface area contributed by atoms with E-state index < -0.39 is 24.3 Å². The molecule has 0 radical (unpaired) electrons. The molecule has 422 valence electrons. The maximum Gasteiger partial charge on any atom is 0.306 e. The summed E-state index contributed by atoms with van der Waals surface area (Å²) in [5.41, 5.74) is 0. The summed E-state index contributed by atoms with van der Waals surface area (Å²) in [7, 11) is 5.91. The third-order valence-corrected chi connectivity index (χ3v) is 12.9. The Hall–Kier alpha value is -3.27. The zero-order valence-corrected chi connectivity index (χ0v) is 48.0. The molecule has 0 spiro atoms. The topological polar surface area (TPSA) is 111 Å². The monoisotopic (exact) mass is 1020 g/mol. The Balaban J connectivity index is 4.20. The Labute approximate surface area is 449 Å². The van der Waals surface area contributed by atoms with E-state index in [9.17, 15) is 19.5 Å². The van der Waals surface area contributed by atoms with Crippen molar-refractivity contribution < 1.29 is 42.9 Å². The largest absolute Gasteiger partial charge is 0.545 e. The number of nitrogens with zero attached hydrogens (tertiary/aromatic N) is 1. The lowest BCUT2D eigenvalue weighted by atomic mass is 10.0. The van der Waals surface area contributed by atoms with Crippen LogP contribution in [0.4, 0.5) is 0 Å². The minimum absolute atomic E-state index is 0.139. The van der Waals surface area contributed by atoms with E-state index in [-0.39, 0.29) is 38.6 Å². The number of carbonyl (C=O) groups is 3. The second-order valence-corrected chi connectivity index (χ2v) is 21.3. The molecule has 0 saturated carbocycles. The highest BCUT2D eigenvalue weighted by atomic mass is 16.7. The lowest BCUT2D eigenvalue weighted by Gasteiger charge is -2.26. The van der Waals surface area contributed by atoms with E-state index in [1.54, 1.807) is 0 Å². The summed E-state index contributed by atoms with van der Waals surface area (Å²) in [6, 6.07) is 0. The predicted octanol–water partition coefficient (Wildman–Crippen LogP) is 16.5. The van der Waals surface area contributed by atoms with Crippen molar-refractivity contribution in [2.75, 3.05) is 47.5 Å². The van der Waals surface area contributed by atoms with Crippen LogP contribution in [-0.4, -0.2) is 82.3 Å². The Morgan fingerprint density at radius 1 is 0.425 bits per heavy atom. The number of hydrogen-bond acceptors (Lipinski definition) is 8. The first-order chi connectivity index (χ1) is 35.6. The van der Waals surface area contributed by atoms with Gasteiger partial charge in [-0.1, -0.05) is 234 Å². The molecule has 0 aromatic carbocycles. The quantitative estimate of drug-likeness (QED) is 0.0195. The Morgan fingerprint density at radius 2 is 0.781 bits per heavy atom. The van der Waals surface area contributed by atoms with Crippen LogP contribution in [0.25, 0.3) is 0 Å². The summed E-state index contributed by atoms with van der Waals surface area (Å²) in [4.78, 5) is 37.3. The van der Waals surface area contributed by atoms with Crippen molar-refractivity contribution in [1.29, 1.82) is 0 Å². The van der Waals surface area contributed by atoms with E-state index >= 15 is 0 Å². The van der Waals surface area contributed by atoms with Crippen LogP contribution in [0.15, 0.2) is 72.9 Å². The second-order valence-electron chi connectivity index (χ2n) is 21.3. The maximum atomic E-state index is 12.8. The average molecular weight is 1020 g/mol. The molecule has 0 aromatic rings. The van der Waals surface area contributed by atoms with E-state index in [0.717, 1.165) is 70.6 Å². The number of esters is 2. The fourth-order valence-corrected chi connectivity index (χ4v) is 8.32. The first-order valence-corrected chi connectivity index (χ1v) is 30.1. The summed E-state index contributed by atoms with van der Waals surface area (Å²) in [6.45, 7) is 4.61. The van der Waals surface area contributed by atoms with E-state index in [4.69, 9.17) is 18.9 Å². The number of carbonyl (C=O) groups excluding carboxylic acids is 3. The molecular weight excluding hydrogens is 911 g/mol. The fraction of sp³-hybridized carbons (Fsp3) is 0.766. The van der Waals surface area contributed by atoms with Gasteiger partial charge >= 0.3 is 11.9 Å². The van der Waals surface area contributed by atoms with Crippen molar-refractivity contribution >= 4 is 17.9 Å². The van der Waals surface area contributed by atoms with Crippen molar-refractivity contribution in [2.45, 2.75) is 270 Å². The molecule has 0 aromatic heterocycles. The maximum absolute atomic E-state index is 12.8. The van der Waals surface area contributed by atoms with Crippen LogP contribution in [0.1, 0.15) is 258 Å². The minimum Gasteiger partial charge on any atom is -0.545 e. The number of likely N-dealkylation sites (N-methyl/N-ethyl adjacent to an activating group) is 1. The standard InChI is InChI=1S/C64H113NO8/c1-6-8-10-12-14-16-18-20-22-24-26-27-28-29-30-31-32-33-34-35-37-38-40-42-44-46-48-50-52-54-61(66)71-58-60(59-72-64(63(68)69)70-57-56-65(3,4)5)73-62(67)55-53-51-49-47-45-43-41-39-36-25-23-21-19-17-15-13-11-9-7-2/h9,11,15,17,21,23-24,26,36,39,43,45,60,64H,6-8,10,12-14,16,18-20,22,25,27-35,37-38,40-42,44,46-59H2,1-5H3/b11-9-,17-15-,23-21-,26-24-,39-36-,45-43-. The molecule has 0 aliphatic heterocycles.